The Kier molecular flexibility index (Phi) is 5.84. The van der Waals surface area contributed by atoms with E-state index in [0.717, 1.165) is 0 Å². The number of halogens is 1. The molecule has 0 radical (unpaired) electrons. The second-order valence-electron chi connectivity index (χ2n) is 4.10. The van der Waals surface area contributed by atoms with E-state index in [4.69, 9.17) is 16.7 Å². The van der Waals surface area contributed by atoms with Crippen molar-refractivity contribution in [3.63, 3.8) is 0 Å². The van der Waals surface area contributed by atoms with Gasteiger partial charge in [-0.3, -0.25) is 4.79 Å². The summed E-state index contributed by atoms with van der Waals surface area (Å²) in [5.41, 5.74) is 0. The molecule has 2 N–H and O–H groups in total. The highest BCUT2D eigenvalue weighted by Gasteiger charge is 2.16. The number of nitrogens with zero attached hydrogens (tertiary/aromatic N) is 2. The predicted molar refractivity (Wildman–Crippen MR) is 74.2 cm³/mol. The second kappa shape index (κ2) is 6.92. The number of anilines is 1. The van der Waals surface area contributed by atoms with Crippen molar-refractivity contribution in [3.05, 3.63) is 10.0 Å². The standard InChI is InChI=1S/C11H18ClN3O2S/c1-4-15(5-9(17)13-7(2)3)11-14-10(12)8(6-16)18-11/h7,16H,4-6H2,1-3H3,(H,13,17). The Morgan fingerprint density at radius 1 is 1.61 bits per heavy atom. The average Bonchev–Trinajstić information content (AvgIpc) is 2.66. The highest BCUT2D eigenvalue weighted by Crippen LogP contribution is 2.29. The van der Waals surface area contributed by atoms with Crippen molar-refractivity contribution < 1.29 is 9.90 Å². The molecular weight excluding hydrogens is 274 g/mol. The molecule has 0 saturated heterocycles. The van der Waals surface area contributed by atoms with Crippen LogP contribution in [0, 0.1) is 0 Å². The van der Waals surface area contributed by atoms with E-state index in [1.165, 1.54) is 11.3 Å². The zero-order chi connectivity index (χ0) is 13.7. The van der Waals surface area contributed by atoms with Gasteiger partial charge in [-0.05, 0) is 20.8 Å². The first-order valence-electron chi connectivity index (χ1n) is 5.78. The lowest BCUT2D eigenvalue weighted by Gasteiger charge is -2.19. The van der Waals surface area contributed by atoms with Crippen molar-refractivity contribution in [1.29, 1.82) is 0 Å². The van der Waals surface area contributed by atoms with Gasteiger partial charge >= 0.3 is 0 Å². The number of amides is 1. The Bertz CT molecular complexity index is 409. The summed E-state index contributed by atoms with van der Waals surface area (Å²) in [5.74, 6) is -0.0521. The molecule has 1 rings (SSSR count). The largest absolute Gasteiger partial charge is 0.391 e. The molecule has 0 aliphatic rings. The number of aromatic nitrogens is 1. The number of likely N-dealkylation sites (N-methyl/N-ethyl adjacent to an activating group) is 1. The van der Waals surface area contributed by atoms with Crippen LogP contribution in [0.5, 0.6) is 0 Å². The van der Waals surface area contributed by atoms with E-state index in [2.05, 4.69) is 10.3 Å². The van der Waals surface area contributed by atoms with Gasteiger partial charge in [0.15, 0.2) is 5.13 Å². The predicted octanol–water partition coefficient (Wildman–Crippen LogP) is 1.64. The molecule has 102 valence electrons. The molecule has 0 atom stereocenters. The topological polar surface area (TPSA) is 65.5 Å². The van der Waals surface area contributed by atoms with Crippen molar-refractivity contribution >= 4 is 34.0 Å². The summed E-state index contributed by atoms with van der Waals surface area (Å²) in [7, 11) is 0. The van der Waals surface area contributed by atoms with Crippen molar-refractivity contribution in [2.45, 2.75) is 33.4 Å². The molecule has 0 unspecified atom stereocenters. The Balaban J connectivity index is 2.73. The number of aliphatic hydroxyl groups excluding tert-OH is 1. The van der Waals surface area contributed by atoms with Gasteiger partial charge in [0.25, 0.3) is 0 Å². The molecular formula is C11H18ClN3O2S. The van der Waals surface area contributed by atoms with Gasteiger partial charge in [0.1, 0.15) is 5.15 Å². The molecule has 1 aromatic heterocycles. The number of aliphatic hydroxyl groups is 1. The first kappa shape index (κ1) is 15.2. The van der Waals surface area contributed by atoms with Gasteiger partial charge in [-0.1, -0.05) is 22.9 Å². The van der Waals surface area contributed by atoms with Gasteiger partial charge < -0.3 is 15.3 Å². The Morgan fingerprint density at radius 3 is 2.72 bits per heavy atom. The third kappa shape index (κ3) is 4.12. The summed E-state index contributed by atoms with van der Waals surface area (Å²) in [4.78, 5) is 18.3. The molecule has 0 spiro atoms. The monoisotopic (exact) mass is 291 g/mol. The molecule has 18 heavy (non-hydrogen) atoms. The first-order valence-corrected chi connectivity index (χ1v) is 6.97. The minimum atomic E-state index is -0.133. The highest BCUT2D eigenvalue weighted by molar-refractivity contribution is 7.16. The van der Waals surface area contributed by atoms with Crippen LogP contribution < -0.4 is 10.2 Å². The summed E-state index contributed by atoms with van der Waals surface area (Å²) in [5, 5.41) is 12.9. The van der Waals surface area contributed by atoms with Crippen molar-refractivity contribution in [2.24, 2.45) is 0 Å². The van der Waals surface area contributed by atoms with Gasteiger partial charge in [-0.2, -0.15) is 0 Å². The van der Waals surface area contributed by atoms with Crippen LogP contribution in [0.3, 0.4) is 0 Å². The number of carbonyl (C=O) groups is 1. The summed E-state index contributed by atoms with van der Waals surface area (Å²) < 4.78 is 0. The zero-order valence-corrected chi connectivity index (χ0v) is 12.3. The third-order valence-corrected chi connectivity index (χ3v) is 3.74. The molecule has 0 aliphatic carbocycles. The lowest BCUT2D eigenvalue weighted by Crippen LogP contribution is -2.40. The summed E-state index contributed by atoms with van der Waals surface area (Å²) >= 11 is 7.19. The normalized spacial score (nSPS) is 10.8. The summed E-state index contributed by atoms with van der Waals surface area (Å²) in [6.45, 7) is 6.53. The van der Waals surface area contributed by atoms with Crippen LogP contribution in [0.25, 0.3) is 0 Å². The molecule has 0 aliphatic heterocycles. The number of hydrogen-bond donors (Lipinski definition) is 2. The summed E-state index contributed by atoms with van der Waals surface area (Å²) in [6.07, 6.45) is 0. The van der Waals surface area contributed by atoms with E-state index in [0.29, 0.717) is 21.7 Å². The van der Waals surface area contributed by atoms with E-state index in [1.54, 1.807) is 0 Å². The van der Waals surface area contributed by atoms with E-state index in [9.17, 15) is 4.79 Å². The molecule has 7 heteroatoms. The second-order valence-corrected chi connectivity index (χ2v) is 5.53. The molecule has 5 nitrogen and oxygen atoms in total. The zero-order valence-electron chi connectivity index (χ0n) is 10.7. The van der Waals surface area contributed by atoms with E-state index in [1.807, 2.05) is 25.7 Å². The molecule has 1 amide bonds. The van der Waals surface area contributed by atoms with Crippen molar-refractivity contribution in [1.82, 2.24) is 10.3 Å². The minimum Gasteiger partial charge on any atom is -0.391 e. The number of carbonyl (C=O) groups excluding carboxylic acids is 1. The smallest absolute Gasteiger partial charge is 0.239 e. The lowest BCUT2D eigenvalue weighted by atomic mass is 10.4. The van der Waals surface area contributed by atoms with Gasteiger partial charge in [0.2, 0.25) is 5.91 Å². The number of nitrogens with one attached hydrogen (secondary N) is 1. The lowest BCUT2D eigenvalue weighted by molar-refractivity contribution is -0.120. The quantitative estimate of drug-likeness (QED) is 0.836. The van der Waals surface area contributed by atoms with Crippen LogP contribution in [-0.2, 0) is 11.4 Å². The van der Waals surface area contributed by atoms with Crippen LogP contribution in [0.1, 0.15) is 25.6 Å². The third-order valence-electron chi connectivity index (χ3n) is 2.22. The molecule has 0 aromatic carbocycles. The average molecular weight is 292 g/mol. The van der Waals surface area contributed by atoms with Crippen LogP contribution >= 0.6 is 22.9 Å². The maximum absolute atomic E-state index is 11.7. The Hall–Kier alpha value is -0.850. The maximum atomic E-state index is 11.7. The fraction of sp³-hybridized carbons (Fsp3) is 0.636. The Morgan fingerprint density at radius 2 is 2.28 bits per heavy atom. The number of thiazole rings is 1. The van der Waals surface area contributed by atoms with Gasteiger partial charge in [0, 0.05) is 12.6 Å². The number of rotatable bonds is 6. The maximum Gasteiger partial charge on any atom is 0.239 e. The SMILES string of the molecule is CCN(CC(=O)NC(C)C)c1nc(Cl)c(CO)s1. The molecule has 1 aromatic rings. The van der Waals surface area contributed by atoms with Gasteiger partial charge in [-0.25, -0.2) is 4.98 Å². The van der Waals surface area contributed by atoms with Gasteiger partial charge in [-0.15, -0.1) is 0 Å². The first-order chi connectivity index (χ1) is 8.47. The van der Waals surface area contributed by atoms with Crippen LogP contribution in [-0.4, -0.2) is 35.1 Å². The van der Waals surface area contributed by atoms with Crippen LogP contribution in [0.4, 0.5) is 5.13 Å². The molecule has 1 heterocycles. The van der Waals surface area contributed by atoms with E-state index >= 15 is 0 Å². The van der Waals surface area contributed by atoms with E-state index < -0.39 is 0 Å². The van der Waals surface area contributed by atoms with Crippen molar-refractivity contribution in [2.75, 3.05) is 18.0 Å². The van der Waals surface area contributed by atoms with Crippen molar-refractivity contribution in [3.8, 4) is 0 Å². The highest BCUT2D eigenvalue weighted by atomic mass is 35.5. The minimum absolute atomic E-state index is 0.0521. The number of hydrogen-bond acceptors (Lipinski definition) is 5. The molecule has 0 bridgehead atoms. The van der Waals surface area contributed by atoms with Gasteiger partial charge in [0.05, 0.1) is 18.0 Å². The molecule has 0 fully saturated rings. The summed E-state index contributed by atoms with van der Waals surface area (Å²) in [6, 6.07) is 0.115. The fourth-order valence-electron chi connectivity index (χ4n) is 1.41. The van der Waals surface area contributed by atoms with E-state index in [-0.39, 0.29) is 25.1 Å². The Labute approximate surface area is 116 Å². The molecule has 0 saturated carbocycles. The fourth-order valence-corrected chi connectivity index (χ4v) is 2.59. The van der Waals surface area contributed by atoms with Crippen LogP contribution in [0.2, 0.25) is 5.15 Å². The van der Waals surface area contributed by atoms with Crippen LogP contribution in [0.15, 0.2) is 0 Å².